The first kappa shape index (κ1) is 23.0. The summed E-state index contributed by atoms with van der Waals surface area (Å²) in [5.74, 6) is -4.78. The highest BCUT2D eigenvalue weighted by atomic mass is 19.3. The molecule has 1 aliphatic rings. The number of halogens is 3. The number of benzene rings is 2. The maximum atomic E-state index is 13.6. The van der Waals surface area contributed by atoms with Gasteiger partial charge in [0.05, 0.1) is 30.2 Å². The van der Waals surface area contributed by atoms with E-state index in [2.05, 4.69) is 10.3 Å². The second-order valence-corrected chi connectivity index (χ2v) is 7.93. The molecule has 2 heterocycles. The summed E-state index contributed by atoms with van der Waals surface area (Å²) in [6.07, 6.45) is 4.35. The van der Waals surface area contributed by atoms with Gasteiger partial charge in [0.15, 0.2) is 0 Å². The van der Waals surface area contributed by atoms with Crippen molar-refractivity contribution < 1.29 is 22.8 Å². The number of nitrogens with zero attached hydrogens (tertiary/aromatic N) is 3. The molecule has 0 spiro atoms. The first-order chi connectivity index (χ1) is 16.3. The van der Waals surface area contributed by atoms with Crippen molar-refractivity contribution in [2.45, 2.75) is 18.4 Å². The molecule has 0 aliphatic carbocycles. The lowest BCUT2D eigenvalue weighted by molar-refractivity contribution is -0.131. The molecule has 172 valence electrons. The summed E-state index contributed by atoms with van der Waals surface area (Å²) in [5, 5.41) is 12.0. The van der Waals surface area contributed by atoms with Crippen molar-refractivity contribution in [3.63, 3.8) is 0 Å². The monoisotopic (exact) mass is 464 g/mol. The number of carbonyl (C=O) groups is 2. The van der Waals surface area contributed by atoms with Gasteiger partial charge in [0.2, 0.25) is 5.91 Å². The fraction of sp³-hybridized carbons (Fsp3) is 0.200. The maximum absolute atomic E-state index is 13.6. The van der Waals surface area contributed by atoms with E-state index >= 15 is 0 Å². The van der Waals surface area contributed by atoms with Gasteiger partial charge in [-0.3, -0.25) is 14.6 Å². The van der Waals surface area contributed by atoms with Crippen LogP contribution in [-0.4, -0.2) is 46.8 Å². The van der Waals surface area contributed by atoms with Crippen LogP contribution in [0.3, 0.4) is 0 Å². The zero-order valence-corrected chi connectivity index (χ0v) is 17.8. The summed E-state index contributed by atoms with van der Waals surface area (Å²) < 4.78 is 40.3. The molecule has 4 rings (SSSR count). The van der Waals surface area contributed by atoms with Crippen molar-refractivity contribution in [3.8, 4) is 6.07 Å². The van der Waals surface area contributed by atoms with Gasteiger partial charge in [-0.1, -0.05) is 30.4 Å². The molecule has 6 nitrogen and oxygen atoms in total. The van der Waals surface area contributed by atoms with Crippen LogP contribution >= 0.6 is 0 Å². The number of likely N-dealkylation sites (tertiary alicyclic amines) is 1. The predicted molar refractivity (Wildman–Crippen MR) is 120 cm³/mol. The Morgan fingerprint density at radius 2 is 1.85 bits per heavy atom. The topological polar surface area (TPSA) is 86.1 Å². The third-order valence-corrected chi connectivity index (χ3v) is 5.49. The molecular formula is C25H19F3N4O2. The van der Waals surface area contributed by atoms with Gasteiger partial charge in [0.1, 0.15) is 11.9 Å². The molecule has 0 radical (unpaired) electrons. The molecular weight excluding hydrogens is 445 g/mol. The number of rotatable bonds is 5. The van der Waals surface area contributed by atoms with E-state index in [-0.39, 0.29) is 11.4 Å². The van der Waals surface area contributed by atoms with Crippen LogP contribution in [0, 0.1) is 17.1 Å². The van der Waals surface area contributed by atoms with Crippen LogP contribution in [0.2, 0.25) is 0 Å². The Morgan fingerprint density at radius 1 is 1.15 bits per heavy atom. The average Bonchev–Trinajstić information content (AvgIpc) is 3.16. The minimum Gasteiger partial charge on any atom is -0.343 e. The summed E-state index contributed by atoms with van der Waals surface area (Å²) in [6, 6.07) is 13.3. The Hall–Kier alpha value is -4.19. The van der Waals surface area contributed by atoms with E-state index in [1.165, 1.54) is 24.4 Å². The summed E-state index contributed by atoms with van der Waals surface area (Å²) >= 11 is 0. The highest BCUT2D eigenvalue weighted by Gasteiger charge is 2.47. The van der Waals surface area contributed by atoms with Crippen molar-refractivity contribution in [2.24, 2.45) is 0 Å². The molecule has 1 unspecified atom stereocenters. The smallest absolute Gasteiger partial charge is 0.268 e. The van der Waals surface area contributed by atoms with Crippen LogP contribution in [0.15, 0.2) is 54.7 Å². The molecule has 1 saturated heterocycles. The van der Waals surface area contributed by atoms with Crippen LogP contribution in [0.1, 0.15) is 27.9 Å². The Morgan fingerprint density at radius 3 is 2.59 bits per heavy atom. The average molecular weight is 464 g/mol. The second kappa shape index (κ2) is 9.35. The van der Waals surface area contributed by atoms with Crippen LogP contribution in [0.5, 0.6) is 0 Å². The van der Waals surface area contributed by atoms with Crippen LogP contribution in [-0.2, 0) is 4.79 Å². The van der Waals surface area contributed by atoms with E-state index in [1.807, 2.05) is 6.07 Å². The van der Waals surface area contributed by atoms with Gasteiger partial charge in [0, 0.05) is 18.0 Å². The van der Waals surface area contributed by atoms with E-state index in [1.54, 1.807) is 42.5 Å². The van der Waals surface area contributed by atoms with Crippen molar-refractivity contribution in [2.75, 3.05) is 13.1 Å². The third-order valence-electron chi connectivity index (χ3n) is 5.49. The largest absolute Gasteiger partial charge is 0.343 e. The van der Waals surface area contributed by atoms with E-state index in [9.17, 15) is 22.8 Å². The normalized spacial score (nSPS) is 17.1. The predicted octanol–water partition coefficient (Wildman–Crippen LogP) is 4.03. The van der Waals surface area contributed by atoms with Gasteiger partial charge >= 0.3 is 0 Å². The summed E-state index contributed by atoms with van der Waals surface area (Å²) in [4.78, 5) is 30.2. The van der Waals surface area contributed by atoms with Crippen molar-refractivity contribution in [3.05, 3.63) is 77.2 Å². The summed E-state index contributed by atoms with van der Waals surface area (Å²) in [7, 11) is 0. The lowest BCUT2D eigenvalue weighted by atomic mass is 10.0. The maximum Gasteiger partial charge on any atom is 0.268 e. The fourth-order valence-corrected chi connectivity index (χ4v) is 3.78. The number of amides is 2. The zero-order valence-electron chi connectivity index (χ0n) is 17.8. The molecule has 1 aromatic heterocycles. The van der Waals surface area contributed by atoms with Crippen molar-refractivity contribution >= 4 is 34.9 Å². The highest BCUT2D eigenvalue weighted by molar-refractivity contribution is 6.07. The number of nitrogens with one attached hydrogen (secondary N) is 1. The minimum atomic E-state index is -3.13. The van der Waals surface area contributed by atoms with Gasteiger partial charge < -0.3 is 10.2 Å². The number of pyridine rings is 1. The van der Waals surface area contributed by atoms with E-state index in [0.29, 0.717) is 10.9 Å². The molecule has 3 aromatic rings. The van der Waals surface area contributed by atoms with Crippen molar-refractivity contribution in [1.29, 1.82) is 5.26 Å². The number of alkyl halides is 2. The molecule has 0 bridgehead atoms. The Labute approximate surface area is 193 Å². The number of carbonyl (C=O) groups excluding carboxylic acids is 2. The standard InChI is InChI=1S/C25H19F3N4O2/c26-18-6-3-16(4-7-18)1-2-17-5-8-22-21(11-17)20(9-10-30-22)24(34)31-14-23(33)32-15-25(27,28)12-19(32)13-29/h1-11,19H,12,14-15H2,(H,31,34). The highest BCUT2D eigenvalue weighted by Crippen LogP contribution is 2.31. The second-order valence-electron chi connectivity index (χ2n) is 7.93. The molecule has 0 saturated carbocycles. The number of hydrogen-bond donors (Lipinski definition) is 1. The first-order valence-electron chi connectivity index (χ1n) is 10.4. The van der Waals surface area contributed by atoms with Gasteiger partial charge in [-0.2, -0.15) is 5.26 Å². The van der Waals surface area contributed by atoms with E-state index in [0.717, 1.165) is 16.0 Å². The molecule has 1 fully saturated rings. The van der Waals surface area contributed by atoms with Crippen molar-refractivity contribution in [1.82, 2.24) is 15.2 Å². The Kier molecular flexibility index (Phi) is 6.32. The SMILES string of the molecule is N#CC1CC(F)(F)CN1C(=O)CNC(=O)c1ccnc2ccc(C=Cc3ccc(F)cc3)cc12. The Bertz CT molecular complexity index is 1320. The van der Waals surface area contributed by atoms with Crippen LogP contribution in [0.4, 0.5) is 13.2 Å². The minimum absolute atomic E-state index is 0.262. The van der Waals surface area contributed by atoms with Gasteiger partial charge in [-0.25, -0.2) is 13.2 Å². The molecule has 9 heteroatoms. The van der Waals surface area contributed by atoms with Crippen LogP contribution < -0.4 is 5.32 Å². The van der Waals surface area contributed by atoms with E-state index < -0.39 is 43.3 Å². The zero-order chi connectivity index (χ0) is 24.3. The number of nitriles is 1. The quantitative estimate of drug-likeness (QED) is 0.578. The Balaban J connectivity index is 1.50. The fourth-order valence-electron chi connectivity index (χ4n) is 3.78. The number of hydrogen-bond acceptors (Lipinski definition) is 4. The van der Waals surface area contributed by atoms with Crippen LogP contribution in [0.25, 0.3) is 23.1 Å². The molecule has 1 N–H and O–H groups in total. The molecule has 34 heavy (non-hydrogen) atoms. The summed E-state index contributed by atoms with van der Waals surface area (Å²) in [5.41, 5.74) is 2.39. The first-order valence-corrected chi connectivity index (χ1v) is 10.4. The van der Waals surface area contributed by atoms with Gasteiger partial charge in [-0.15, -0.1) is 0 Å². The summed E-state index contributed by atoms with van der Waals surface area (Å²) in [6.45, 7) is -1.36. The number of aromatic nitrogens is 1. The number of fused-ring (bicyclic) bond motifs is 1. The third kappa shape index (κ3) is 5.07. The van der Waals surface area contributed by atoms with Gasteiger partial charge in [0.25, 0.3) is 11.8 Å². The molecule has 2 aromatic carbocycles. The lowest BCUT2D eigenvalue weighted by Crippen LogP contribution is -2.43. The molecule has 2 amide bonds. The molecule has 1 atom stereocenters. The lowest BCUT2D eigenvalue weighted by Gasteiger charge is -2.19. The van der Waals surface area contributed by atoms with E-state index in [4.69, 9.17) is 5.26 Å². The van der Waals surface area contributed by atoms with Gasteiger partial charge in [-0.05, 0) is 41.5 Å². The molecule has 1 aliphatic heterocycles.